The van der Waals surface area contributed by atoms with Crippen molar-refractivity contribution in [2.24, 2.45) is 5.92 Å². The predicted octanol–water partition coefficient (Wildman–Crippen LogP) is 2.04. The lowest BCUT2D eigenvalue weighted by Crippen LogP contribution is -2.56. The standard InChI is InChI=1S/C20H29N3O3/c1-15(24)21-19(16-5-3-4-6-16)20(25)23-13-11-22(12-14-23)17-7-9-18(26-2)10-8-17/h7-10,16,19H,3-6,11-14H2,1-2H3,(H,21,24). The van der Waals surface area contributed by atoms with Crippen LogP contribution in [-0.2, 0) is 9.59 Å². The fourth-order valence-corrected chi connectivity index (χ4v) is 4.07. The zero-order chi connectivity index (χ0) is 18.5. The van der Waals surface area contributed by atoms with Gasteiger partial charge in [0, 0.05) is 38.8 Å². The molecule has 1 aliphatic heterocycles. The smallest absolute Gasteiger partial charge is 0.245 e. The Balaban J connectivity index is 1.59. The second kappa shape index (κ2) is 8.43. The van der Waals surface area contributed by atoms with Crippen LogP contribution in [0.4, 0.5) is 5.69 Å². The molecule has 26 heavy (non-hydrogen) atoms. The number of ether oxygens (including phenoxy) is 1. The highest BCUT2D eigenvalue weighted by atomic mass is 16.5. The molecule has 2 fully saturated rings. The lowest BCUT2D eigenvalue weighted by molar-refractivity contribution is -0.137. The average Bonchev–Trinajstić information content (AvgIpc) is 3.20. The SMILES string of the molecule is COc1ccc(N2CCN(C(=O)C(NC(C)=O)C3CCCC3)CC2)cc1. The predicted molar refractivity (Wildman–Crippen MR) is 101 cm³/mol. The molecule has 0 spiro atoms. The Morgan fingerprint density at radius 3 is 2.23 bits per heavy atom. The molecule has 2 amide bonds. The number of carbonyl (C=O) groups excluding carboxylic acids is 2. The highest BCUT2D eigenvalue weighted by Crippen LogP contribution is 2.29. The first-order valence-corrected chi connectivity index (χ1v) is 9.53. The molecule has 6 heteroatoms. The minimum absolute atomic E-state index is 0.0847. The Labute approximate surface area is 155 Å². The molecule has 1 aliphatic carbocycles. The van der Waals surface area contributed by atoms with Crippen LogP contribution in [0.25, 0.3) is 0 Å². The fourth-order valence-electron chi connectivity index (χ4n) is 4.07. The number of hydrogen-bond acceptors (Lipinski definition) is 4. The van der Waals surface area contributed by atoms with Gasteiger partial charge in [-0.05, 0) is 43.0 Å². The Kier molecular flexibility index (Phi) is 6.01. The molecule has 1 N–H and O–H groups in total. The molecule has 1 saturated carbocycles. The van der Waals surface area contributed by atoms with Gasteiger partial charge < -0.3 is 19.9 Å². The van der Waals surface area contributed by atoms with E-state index in [0.717, 1.165) is 50.2 Å². The maximum absolute atomic E-state index is 13.0. The van der Waals surface area contributed by atoms with E-state index in [4.69, 9.17) is 4.74 Å². The van der Waals surface area contributed by atoms with E-state index in [1.807, 2.05) is 17.0 Å². The van der Waals surface area contributed by atoms with Gasteiger partial charge in [0.1, 0.15) is 11.8 Å². The number of nitrogens with zero attached hydrogens (tertiary/aromatic N) is 2. The van der Waals surface area contributed by atoms with Crippen molar-refractivity contribution in [3.8, 4) is 5.75 Å². The monoisotopic (exact) mass is 359 g/mol. The summed E-state index contributed by atoms with van der Waals surface area (Å²) in [5.41, 5.74) is 1.15. The van der Waals surface area contributed by atoms with E-state index in [1.54, 1.807) is 7.11 Å². The Morgan fingerprint density at radius 2 is 1.69 bits per heavy atom. The summed E-state index contributed by atoms with van der Waals surface area (Å²) in [6.07, 6.45) is 4.36. The molecule has 6 nitrogen and oxygen atoms in total. The number of nitrogens with one attached hydrogen (secondary N) is 1. The van der Waals surface area contributed by atoms with Gasteiger partial charge >= 0.3 is 0 Å². The third-order valence-corrected chi connectivity index (χ3v) is 5.52. The quantitative estimate of drug-likeness (QED) is 0.874. The zero-order valence-electron chi connectivity index (χ0n) is 15.7. The minimum Gasteiger partial charge on any atom is -0.497 e. The molecule has 3 rings (SSSR count). The molecule has 1 atom stereocenters. The first-order chi connectivity index (χ1) is 12.6. The number of hydrogen-bond donors (Lipinski definition) is 1. The number of anilines is 1. The molecule has 0 radical (unpaired) electrons. The number of amides is 2. The van der Waals surface area contributed by atoms with E-state index in [9.17, 15) is 9.59 Å². The number of benzene rings is 1. The molecule has 1 unspecified atom stereocenters. The first kappa shape index (κ1) is 18.5. The van der Waals surface area contributed by atoms with E-state index in [0.29, 0.717) is 13.1 Å². The van der Waals surface area contributed by atoms with Gasteiger partial charge in [-0.1, -0.05) is 12.8 Å². The van der Waals surface area contributed by atoms with Crippen LogP contribution in [0.3, 0.4) is 0 Å². The summed E-state index contributed by atoms with van der Waals surface area (Å²) >= 11 is 0. The molecular formula is C20H29N3O3. The van der Waals surface area contributed by atoms with Crippen molar-refractivity contribution >= 4 is 17.5 Å². The summed E-state index contributed by atoms with van der Waals surface area (Å²) in [4.78, 5) is 28.8. The van der Waals surface area contributed by atoms with Gasteiger partial charge in [0.2, 0.25) is 11.8 Å². The highest BCUT2D eigenvalue weighted by Gasteiger charge is 2.35. The van der Waals surface area contributed by atoms with Gasteiger partial charge in [0.15, 0.2) is 0 Å². The maximum atomic E-state index is 13.0. The Hall–Kier alpha value is -2.24. The van der Waals surface area contributed by atoms with Crippen molar-refractivity contribution in [3.63, 3.8) is 0 Å². The number of rotatable bonds is 5. The Bertz CT molecular complexity index is 618. The van der Waals surface area contributed by atoms with Crippen LogP contribution in [0, 0.1) is 5.92 Å². The Morgan fingerprint density at radius 1 is 1.08 bits per heavy atom. The van der Waals surface area contributed by atoms with Crippen molar-refractivity contribution in [1.29, 1.82) is 0 Å². The largest absolute Gasteiger partial charge is 0.497 e. The van der Waals surface area contributed by atoms with E-state index < -0.39 is 0 Å². The maximum Gasteiger partial charge on any atom is 0.245 e. The molecule has 2 aliphatic rings. The van der Waals surface area contributed by atoms with E-state index in [2.05, 4.69) is 22.3 Å². The summed E-state index contributed by atoms with van der Waals surface area (Å²) in [7, 11) is 1.66. The van der Waals surface area contributed by atoms with Crippen LogP contribution in [0.5, 0.6) is 5.75 Å². The third kappa shape index (κ3) is 4.29. The summed E-state index contributed by atoms with van der Waals surface area (Å²) in [6.45, 7) is 4.48. The van der Waals surface area contributed by atoms with Crippen LogP contribution in [-0.4, -0.2) is 56.0 Å². The van der Waals surface area contributed by atoms with Crippen molar-refractivity contribution in [2.75, 3.05) is 38.2 Å². The van der Waals surface area contributed by atoms with Crippen molar-refractivity contribution in [2.45, 2.75) is 38.6 Å². The van der Waals surface area contributed by atoms with Gasteiger partial charge in [-0.3, -0.25) is 9.59 Å². The number of methoxy groups -OCH3 is 1. The average molecular weight is 359 g/mol. The van der Waals surface area contributed by atoms with Crippen LogP contribution in [0.15, 0.2) is 24.3 Å². The topological polar surface area (TPSA) is 61.9 Å². The van der Waals surface area contributed by atoms with Crippen LogP contribution >= 0.6 is 0 Å². The second-order valence-electron chi connectivity index (χ2n) is 7.23. The molecule has 142 valence electrons. The van der Waals surface area contributed by atoms with Crippen molar-refractivity contribution in [3.05, 3.63) is 24.3 Å². The van der Waals surface area contributed by atoms with Gasteiger partial charge in [0.05, 0.1) is 7.11 Å². The molecule has 1 saturated heterocycles. The summed E-state index contributed by atoms with van der Waals surface area (Å²) in [5, 5.41) is 2.92. The van der Waals surface area contributed by atoms with Crippen LogP contribution < -0.4 is 15.0 Å². The van der Waals surface area contributed by atoms with Crippen LogP contribution in [0.2, 0.25) is 0 Å². The van der Waals surface area contributed by atoms with Crippen LogP contribution in [0.1, 0.15) is 32.6 Å². The van der Waals surface area contributed by atoms with Crippen molar-refractivity contribution < 1.29 is 14.3 Å². The number of piperazine rings is 1. The summed E-state index contributed by atoms with van der Waals surface area (Å²) in [5.74, 6) is 1.09. The normalized spacial score (nSPS) is 19.3. The lowest BCUT2D eigenvalue weighted by Gasteiger charge is -2.38. The van der Waals surface area contributed by atoms with E-state index >= 15 is 0 Å². The molecule has 1 heterocycles. The third-order valence-electron chi connectivity index (χ3n) is 5.52. The number of carbonyl (C=O) groups is 2. The molecule has 0 bridgehead atoms. The first-order valence-electron chi connectivity index (χ1n) is 9.53. The lowest BCUT2D eigenvalue weighted by atomic mass is 9.96. The van der Waals surface area contributed by atoms with E-state index in [1.165, 1.54) is 6.92 Å². The van der Waals surface area contributed by atoms with Gasteiger partial charge in [0.25, 0.3) is 0 Å². The second-order valence-corrected chi connectivity index (χ2v) is 7.23. The fraction of sp³-hybridized carbons (Fsp3) is 0.600. The van der Waals surface area contributed by atoms with E-state index in [-0.39, 0.29) is 23.8 Å². The highest BCUT2D eigenvalue weighted by molar-refractivity contribution is 5.87. The van der Waals surface area contributed by atoms with Gasteiger partial charge in [-0.25, -0.2) is 0 Å². The van der Waals surface area contributed by atoms with Gasteiger partial charge in [-0.2, -0.15) is 0 Å². The summed E-state index contributed by atoms with van der Waals surface area (Å²) < 4.78 is 5.21. The molecule has 0 aromatic heterocycles. The van der Waals surface area contributed by atoms with Crippen molar-refractivity contribution in [1.82, 2.24) is 10.2 Å². The summed E-state index contributed by atoms with van der Waals surface area (Å²) in [6, 6.07) is 7.66. The minimum atomic E-state index is -0.359. The molecule has 1 aromatic rings. The molecular weight excluding hydrogens is 330 g/mol. The zero-order valence-corrected chi connectivity index (χ0v) is 15.7. The molecule has 1 aromatic carbocycles. The van der Waals surface area contributed by atoms with Gasteiger partial charge in [-0.15, -0.1) is 0 Å².